The van der Waals surface area contributed by atoms with Crippen LogP contribution in [0.25, 0.3) is 0 Å². The lowest BCUT2D eigenvalue weighted by atomic mass is 9.87. The van der Waals surface area contributed by atoms with E-state index in [9.17, 15) is 9.90 Å². The highest BCUT2D eigenvalue weighted by Gasteiger charge is 2.36. The molecule has 4 nitrogen and oxygen atoms in total. The summed E-state index contributed by atoms with van der Waals surface area (Å²) in [4.78, 5) is 12.4. The quantitative estimate of drug-likeness (QED) is 0.548. The van der Waals surface area contributed by atoms with Crippen LogP contribution in [0.1, 0.15) is 66.2 Å². The minimum atomic E-state index is -1.03. The fourth-order valence-corrected chi connectivity index (χ4v) is 2.82. The van der Waals surface area contributed by atoms with E-state index >= 15 is 0 Å². The molecule has 4 heteroatoms. The molecular weight excluding hydrogens is 304 g/mol. The van der Waals surface area contributed by atoms with E-state index in [1.165, 1.54) is 5.57 Å². The van der Waals surface area contributed by atoms with Crippen molar-refractivity contribution in [1.82, 2.24) is 0 Å². The number of ether oxygens (including phenoxy) is 1. The van der Waals surface area contributed by atoms with E-state index in [0.29, 0.717) is 37.7 Å². The van der Waals surface area contributed by atoms with Gasteiger partial charge in [0.25, 0.3) is 0 Å². The highest BCUT2D eigenvalue weighted by Crippen LogP contribution is 2.29. The zero-order chi connectivity index (χ0) is 18.2. The summed E-state index contributed by atoms with van der Waals surface area (Å²) in [6.45, 7) is 7.75. The number of carbonyl (C=O) groups excluding carboxylic acids is 1. The molecule has 0 radical (unpaired) electrons. The molecule has 0 saturated carbocycles. The van der Waals surface area contributed by atoms with Crippen LogP contribution in [0, 0.1) is 0 Å². The van der Waals surface area contributed by atoms with Crippen molar-refractivity contribution in [1.29, 1.82) is 0 Å². The number of esters is 1. The number of hydrogen-bond donors (Lipinski definition) is 2. The molecule has 136 valence electrons. The maximum absolute atomic E-state index is 12.4. The first-order chi connectivity index (χ1) is 11.3. The molecule has 0 aromatic heterocycles. The SMILES string of the molecule is CC(C)=CCCC1=CCCC(C)(O)C(CCC(C)=CCO)OC1=O. The standard InChI is InChI=1S/C20H32O4/c1-15(2)7-5-8-17-9-6-13-20(4,23)18(24-19(17)22)11-10-16(3)12-14-21/h7,9,12,18,21,23H,5-6,8,10-11,13-14H2,1-4H3. The number of cyclic esters (lactones) is 1. The first-order valence-corrected chi connectivity index (χ1v) is 8.78. The Morgan fingerprint density at radius 1 is 1.38 bits per heavy atom. The van der Waals surface area contributed by atoms with Crippen LogP contribution in [0.15, 0.2) is 34.9 Å². The number of aliphatic hydroxyl groups excluding tert-OH is 1. The van der Waals surface area contributed by atoms with Gasteiger partial charge in [0.05, 0.1) is 12.2 Å². The van der Waals surface area contributed by atoms with Crippen molar-refractivity contribution in [2.75, 3.05) is 6.61 Å². The third-order valence-corrected chi connectivity index (χ3v) is 4.45. The lowest BCUT2D eigenvalue weighted by molar-refractivity contribution is -0.161. The lowest BCUT2D eigenvalue weighted by Crippen LogP contribution is -2.43. The Labute approximate surface area is 145 Å². The Kier molecular flexibility index (Phi) is 8.43. The summed E-state index contributed by atoms with van der Waals surface area (Å²) < 4.78 is 5.64. The molecule has 2 N–H and O–H groups in total. The molecule has 24 heavy (non-hydrogen) atoms. The predicted molar refractivity (Wildman–Crippen MR) is 96.6 cm³/mol. The second-order valence-corrected chi connectivity index (χ2v) is 7.11. The van der Waals surface area contributed by atoms with Gasteiger partial charge in [0.1, 0.15) is 6.10 Å². The van der Waals surface area contributed by atoms with Crippen LogP contribution >= 0.6 is 0 Å². The number of hydrogen-bond acceptors (Lipinski definition) is 4. The second kappa shape index (κ2) is 9.80. The van der Waals surface area contributed by atoms with Crippen LogP contribution in [0.2, 0.25) is 0 Å². The van der Waals surface area contributed by atoms with Gasteiger partial charge in [0.15, 0.2) is 0 Å². The highest BCUT2D eigenvalue weighted by atomic mass is 16.6. The normalized spacial score (nSPS) is 25.4. The fourth-order valence-electron chi connectivity index (χ4n) is 2.82. The Balaban J connectivity index is 2.77. The predicted octanol–water partition coefficient (Wildman–Crippen LogP) is 3.83. The van der Waals surface area contributed by atoms with Gasteiger partial charge in [-0.15, -0.1) is 0 Å². The molecule has 0 aromatic rings. The number of allylic oxidation sites excluding steroid dienone is 4. The molecule has 0 amide bonds. The Morgan fingerprint density at radius 3 is 2.71 bits per heavy atom. The van der Waals surface area contributed by atoms with Crippen molar-refractivity contribution in [3.8, 4) is 0 Å². The zero-order valence-corrected chi connectivity index (χ0v) is 15.5. The minimum absolute atomic E-state index is 0.00390. The lowest BCUT2D eigenvalue weighted by Gasteiger charge is -2.34. The van der Waals surface area contributed by atoms with Gasteiger partial charge in [-0.2, -0.15) is 0 Å². The van der Waals surface area contributed by atoms with E-state index in [1.54, 1.807) is 13.0 Å². The molecule has 2 unspecified atom stereocenters. The molecule has 0 spiro atoms. The van der Waals surface area contributed by atoms with Crippen LogP contribution in [0.5, 0.6) is 0 Å². The summed E-state index contributed by atoms with van der Waals surface area (Å²) in [6, 6.07) is 0. The molecule has 0 fully saturated rings. The zero-order valence-electron chi connectivity index (χ0n) is 15.5. The summed E-state index contributed by atoms with van der Waals surface area (Å²) >= 11 is 0. The Bertz CT molecular complexity index is 508. The number of carbonyl (C=O) groups is 1. The summed E-state index contributed by atoms with van der Waals surface area (Å²) in [5, 5.41) is 19.6. The van der Waals surface area contributed by atoms with Crippen molar-refractivity contribution in [2.24, 2.45) is 0 Å². The summed E-state index contributed by atoms with van der Waals surface area (Å²) in [5.74, 6) is -0.314. The molecule has 1 heterocycles. The number of aliphatic hydroxyl groups is 2. The van der Waals surface area contributed by atoms with Gasteiger partial charge in [-0.3, -0.25) is 0 Å². The van der Waals surface area contributed by atoms with E-state index in [2.05, 4.69) is 6.08 Å². The van der Waals surface area contributed by atoms with Crippen molar-refractivity contribution < 1.29 is 19.7 Å². The van der Waals surface area contributed by atoms with E-state index < -0.39 is 11.7 Å². The van der Waals surface area contributed by atoms with Crippen LogP contribution in [0.4, 0.5) is 0 Å². The third kappa shape index (κ3) is 7.02. The van der Waals surface area contributed by atoms with Gasteiger partial charge in [0.2, 0.25) is 0 Å². The monoisotopic (exact) mass is 336 g/mol. The largest absolute Gasteiger partial charge is 0.456 e. The van der Waals surface area contributed by atoms with Gasteiger partial charge in [-0.05, 0) is 66.2 Å². The first-order valence-electron chi connectivity index (χ1n) is 8.78. The molecule has 1 aliphatic rings. The molecule has 1 aliphatic heterocycles. The summed E-state index contributed by atoms with van der Waals surface area (Å²) in [5.41, 5.74) is 1.94. The maximum Gasteiger partial charge on any atom is 0.334 e. The summed E-state index contributed by atoms with van der Waals surface area (Å²) in [7, 11) is 0. The van der Waals surface area contributed by atoms with Crippen molar-refractivity contribution in [3.05, 3.63) is 34.9 Å². The molecular formula is C20H32O4. The van der Waals surface area contributed by atoms with Crippen molar-refractivity contribution in [2.45, 2.75) is 77.9 Å². The Hall–Kier alpha value is -1.39. The van der Waals surface area contributed by atoms with Crippen LogP contribution in [0.3, 0.4) is 0 Å². The smallest absolute Gasteiger partial charge is 0.334 e. The van der Waals surface area contributed by atoms with E-state index in [1.807, 2.05) is 26.8 Å². The molecule has 2 atom stereocenters. The van der Waals surface area contributed by atoms with Crippen LogP contribution < -0.4 is 0 Å². The van der Waals surface area contributed by atoms with Gasteiger partial charge < -0.3 is 14.9 Å². The van der Waals surface area contributed by atoms with Gasteiger partial charge >= 0.3 is 5.97 Å². The molecule has 1 rings (SSSR count). The average Bonchev–Trinajstić information content (AvgIpc) is 2.48. The third-order valence-electron chi connectivity index (χ3n) is 4.45. The highest BCUT2D eigenvalue weighted by molar-refractivity contribution is 5.88. The average molecular weight is 336 g/mol. The maximum atomic E-state index is 12.4. The van der Waals surface area contributed by atoms with Crippen molar-refractivity contribution in [3.63, 3.8) is 0 Å². The fraction of sp³-hybridized carbons (Fsp3) is 0.650. The Morgan fingerprint density at radius 2 is 2.08 bits per heavy atom. The first kappa shape index (κ1) is 20.7. The van der Waals surface area contributed by atoms with Crippen LogP contribution in [-0.4, -0.2) is 34.5 Å². The van der Waals surface area contributed by atoms with Gasteiger partial charge in [-0.1, -0.05) is 29.4 Å². The van der Waals surface area contributed by atoms with Crippen molar-refractivity contribution >= 4 is 5.97 Å². The molecule has 0 bridgehead atoms. The van der Waals surface area contributed by atoms with Crippen LogP contribution in [-0.2, 0) is 9.53 Å². The van der Waals surface area contributed by atoms with Gasteiger partial charge in [-0.25, -0.2) is 4.79 Å². The molecule has 0 aliphatic carbocycles. The molecule has 0 saturated heterocycles. The second-order valence-electron chi connectivity index (χ2n) is 7.11. The van der Waals surface area contributed by atoms with Gasteiger partial charge in [0, 0.05) is 5.57 Å². The van der Waals surface area contributed by atoms with E-state index in [-0.39, 0.29) is 12.6 Å². The topological polar surface area (TPSA) is 66.8 Å². The number of rotatable bonds is 7. The summed E-state index contributed by atoms with van der Waals surface area (Å²) in [6.07, 6.45) is 9.21. The van der Waals surface area contributed by atoms with E-state index in [4.69, 9.17) is 9.84 Å². The van der Waals surface area contributed by atoms with E-state index in [0.717, 1.165) is 12.0 Å². The molecule has 0 aromatic carbocycles. The minimum Gasteiger partial charge on any atom is -0.456 e.